The summed E-state index contributed by atoms with van der Waals surface area (Å²) in [5.74, 6) is -0.716. The van der Waals surface area contributed by atoms with Gasteiger partial charge in [0.1, 0.15) is 4.88 Å². The molecule has 28 heavy (non-hydrogen) atoms. The van der Waals surface area contributed by atoms with Gasteiger partial charge in [-0.25, -0.2) is 4.79 Å². The van der Waals surface area contributed by atoms with Crippen LogP contribution < -0.4 is 0 Å². The van der Waals surface area contributed by atoms with Gasteiger partial charge >= 0.3 is 5.97 Å². The van der Waals surface area contributed by atoms with Gasteiger partial charge in [0, 0.05) is 34.6 Å². The number of piperidine rings is 1. The second-order valence-corrected chi connectivity index (χ2v) is 10.00. The van der Waals surface area contributed by atoms with Crippen LogP contribution in [0.1, 0.15) is 66.6 Å². The Bertz CT molecular complexity index is 936. The van der Waals surface area contributed by atoms with Crippen LogP contribution in [0.25, 0.3) is 0 Å². The number of aryl methyl sites for hydroxylation is 1. The number of thiophene rings is 2. The molecule has 1 saturated heterocycles. The monoisotopic (exact) mass is 417 g/mol. The molecule has 2 aliphatic heterocycles. The maximum absolute atomic E-state index is 13.2. The number of amides is 1. The fourth-order valence-electron chi connectivity index (χ4n) is 4.85. The second kappa shape index (κ2) is 6.97. The summed E-state index contributed by atoms with van der Waals surface area (Å²) in [6.07, 6.45) is 6.77. The van der Waals surface area contributed by atoms with Crippen LogP contribution in [0.3, 0.4) is 0 Å². The number of fused-ring (bicyclic) bond motifs is 3. The third-order valence-electron chi connectivity index (χ3n) is 6.37. The number of nitrogens with zero attached hydrogens (tertiary/aromatic N) is 1. The Labute approximate surface area is 171 Å². The zero-order valence-corrected chi connectivity index (χ0v) is 17.3. The number of aromatic carboxylic acids is 1. The van der Waals surface area contributed by atoms with E-state index in [1.165, 1.54) is 34.6 Å². The van der Waals surface area contributed by atoms with E-state index in [-0.39, 0.29) is 5.91 Å². The van der Waals surface area contributed by atoms with Crippen molar-refractivity contribution >= 4 is 34.6 Å². The minimum absolute atomic E-state index is 0.154. The largest absolute Gasteiger partial charge is 0.477 e. The molecule has 5 rings (SSSR count). The molecule has 5 nitrogen and oxygen atoms in total. The molecule has 0 radical (unpaired) electrons. The van der Waals surface area contributed by atoms with Gasteiger partial charge in [-0.2, -0.15) is 0 Å². The van der Waals surface area contributed by atoms with Crippen LogP contribution in [0.4, 0.5) is 0 Å². The molecule has 1 amide bonds. The number of likely N-dealkylation sites (tertiary alicyclic amines) is 1. The summed E-state index contributed by atoms with van der Waals surface area (Å²) in [4.78, 5) is 29.4. The van der Waals surface area contributed by atoms with E-state index in [1.54, 1.807) is 17.4 Å². The lowest BCUT2D eigenvalue weighted by atomic mass is 9.82. The van der Waals surface area contributed by atoms with E-state index in [4.69, 9.17) is 4.74 Å². The van der Waals surface area contributed by atoms with E-state index in [0.717, 1.165) is 48.1 Å². The molecule has 1 fully saturated rings. The number of ether oxygens (including phenoxy) is 1. The van der Waals surface area contributed by atoms with Crippen molar-refractivity contribution in [1.82, 2.24) is 4.90 Å². The number of hydrogen-bond donors (Lipinski definition) is 1. The quantitative estimate of drug-likeness (QED) is 0.799. The van der Waals surface area contributed by atoms with Gasteiger partial charge < -0.3 is 14.7 Å². The van der Waals surface area contributed by atoms with Crippen molar-refractivity contribution in [2.24, 2.45) is 0 Å². The Hall–Kier alpha value is -1.70. The Morgan fingerprint density at radius 3 is 2.68 bits per heavy atom. The lowest BCUT2D eigenvalue weighted by Gasteiger charge is -2.44. The first-order valence-electron chi connectivity index (χ1n) is 9.96. The van der Waals surface area contributed by atoms with Crippen molar-refractivity contribution in [3.05, 3.63) is 42.8 Å². The van der Waals surface area contributed by atoms with E-state index in [1.807, 2.05) is 4.90 Å². The Morgan fingerprint density at radius 2 is 1.89 bits per heavy atom. The van der Waals surface area contributed by atoms with E-state index < -0.39 is 11.6 Å². The summed E-state index contributed by atoms with van der Waals surface area (Å²) >= 11 is 3.11. The molecule has 3 aliphatic rings. The van der Waals surface area contributed by atoms with Gasteiger partial charge in [0.25, 0.3) is 5.91 Å². The Balaban J connectivity index is 1.35. The van der Waals surface area contributed by atoms with E-state index in [9.17, 15) is 14.7 Å². The van der Waals surface area contributed by atoms with Gasteiger partial charge in [-0.1, -0.05) is 0 Å². The number of hydrogen-bond acceptors (Lipinski definition) is 5. The molecular formula is C21H23NO4S2. The summed E-state index contributed by atoms with van der Waals surface area (Å²) in [6.45, 7) is 1.93. The summed E-state index contributed by atoms with van der Waals surface area (Å²) in [6, 6.07) is 1.80. The van der Waals surface area contributed by atoms with Gasteiger partial charge in [0.05, 0.1) is 17.8 Å². The van der Waals surface area contributed by atoms with Gasteiger partial charge in [0.15, 0.2) is 0 Å². The molecule has 0 aromatic carbocycles. The van der Waals surface area contributed by atoms with E-state index >= 15 is 0 Å². The van der Waals surface area contributed by atoms with Crippen LogP contribution in [-0.4, -0.2) is 41.6 Å². The van der Waals surface area contributed by atoms with Crippen molar-refractivity contribution in [1.29, 1.82) is 0 Å². The molecule has 0 unspecified atom stereocenters. The minimum Gasteiger partial charge on any atom is -0.477 e. The summed E-state index contributed by atoms with van der Waals surface area (Å²) in [7, 11) is 0. The molecule has 4 heterocycles. The topological polar surface area (TPSA) is 66.8 Å². The number of carboxylic acids is 1. The predicted molar refractivity (Wildman–Crippen MR) is 109 cm³/mol. The summed E-state index contributed by atoms with van der Waals surface area (Å²) < 4.78 is 6.21. The highest BCUT2D eigenvalue weighted by Gasteiger charge is 2.43. The van der Waals surface area contributed by atoms with Gasteiger partial charge in [-0.05, 0) is 55.7 Å². The maximum Gasteiger partial charge on any atom is 0.345 e. The fraction of sp³-hybridized carbons (Fsp3) is 0.524. The predicted octanol–water partition coefficient (Wildman–Crippen LogP) is 4.09. The molecular weight excluding hydrogens is 394 g/mol. The molecule has 1 aliphatic carbocycles. The Morgan fingerprint density at radius 1 is 1.11 bits per heavy atom. The second-order valence-electron chi connectivity index (χ2n) is 7.90. The van der Waals surface area contributed by atoms with Crippen LogP contribution in [0.15, 0.2) is 11.4 Å². The summed E-state index contributed by atoms with van der Waals surface area (Å²) in [5, 5.41) is 11.4. The van der Waals surface area contributed by atoms with Crippen LogP contribution in [0.2, 0.25) is 0 Å². The lowest BCUT2D eigenvalue weighted by molar-refractivity contribution is -0.0926. The van der Waals surface area contributed by atoms with Crippen molar-refractivity contribution in [3.8, 4) is 0 Å². The smallest absolute Gasteiger partial charge is 0.345 e. The van der Waals surface area contributed by atoms with Crippen molar-refractivity contribution in [2.75, 3.05) is 19.7 Å². The molecule has 1 spiro atoms. The Kier molecular flexibility index (Phi) is 4.56. The molecule has 1 N–H and O–H groups in total. The molecule has 0 bridgehead atoms. The van der Waals surface area contributed by atoms with Gasteiger partial charge in [-0.3, -0.25) is 4.79 Å². The molecule has 0 saturated carbocycles. The van der Waals surface area contributed by atoms with E-state index in [2.05, 4.69) is 5.38 Å². The number of carbonyl (C=O) groups is 2. The maximum atomic E-state index is 13.2. The fourth-order valence-corrected chi connectivity index (χ4v) is 7.04. The molecule has 0 atom stereocenters. The highest BCUT2D eigenvalue weighted by atomic mass is 32.1. The van der Waals surface area contributed by atoms with Crippen molar-refractivity contribution in [2.45, 2.75) is 50.5 Å². The van der Waals surface area contributed by atoms with Crippen molar-refractivity contribution in [3.63, 3.8) is 0 Å². The average Bonchev–Trinajstić information content (AvgIpc) is 3.34. The third kappa shape index (κ3) is 2.91. The van der Waals surface area contributed by atoms with Crippen molar-refractivity contribution < 1.29 is 19.4 Å². The van der Waals surface area contributed by atoms with Gasteiger partial charge in [0.2, 0.25) is 0 Å². The number of carbonyl (C=O) groups excluding carboxylic acids is 1. The first-order chi connectivity index (χ1) is 13.6. The van der Waals surface area contributed by atoms with Crippen LogP contribution in [0, 0.1) is 0 Å². The average molecular weight is 418 g/mol. The first kappa shape index (κ1) is 18.3. The van der Waals surface area contributed by atoms with E-state index in [0.29, 0.717) is 24.6 Å². The SMILES string of the molecule is O=C(O)c1cc2c(s1)CCOC21CCN(C(=O)c2csc3c2CCCC3)CC1. The number of carboxylic acid groups (broad SMARTS) is 1. The number of rotatable bonds is 2. The van der Waals surface area contributed by atoms with Crippen LogP contribution in [-0.2, 0) is 29.6 Å². The first-order valence-corrected chi connectivity index (χ1v) is 11.7. The molecule has 7 heteroatoms. The zero-order valence-electron chi connectivity index (χ0n) is 15.7. The third-order valence-corrected chi connectivity index (χ3v) is 8.64. The lowest BCUT2D eigenvalue weighted by Crippen LogP contribution is -2.48. The standard InChI is InChI=1S/C21H23NO4S2/c23-19(14-12-27-16-4-2-1-3-13(14)16)22-8-6-21(7-9-22)15-11-18(20(24)25)28-17(15)5-10-26-21/h11-12H,1-10H2,(H,24,25). The van der Waals surface area contributed by atoms with Gasteiger partial charge in [-0.15, -0.1) is 22.7 Å². The molecule has 2 aromatic rings. The zero-order chi connectivity index (χ0) is 19.3. The highest BCUT2D eigenvalue weighted by molar-refractivity contribution is 7.14. The van der Waals surface area contributed by atoms with Crippen LogP contribution in [0.5, 0.6) is 0 Å². The summed E-state index contributed by atoms with van der Waals surface area (Å²) in [5.41, 5.74) is 2.80. The molecule has 2 aromatic heterocycles. The molecule has 148 valence electrons. The van der Waals surface area contributed by atoms with Crippen LogP contribution >= 0.6 is 22.7 Å². The highest BCUT2D eigenvalue weighted by Crippen LogP contribution is 2.45. The minimum atomic E-state index is -0.871. The normalized spacial score (nSPS) is 20.6.